The van der Waals surface area contributed by atoms with Crippen LogP contribution in [0.2, 0.25) is 0 Å². The molecule has 96 valence electrons. The van der Waals surface area contributed by atoms with Gasteiger partial charge in [-0.1, -0.05) is 13.8 Å². The summed E-state index contributed by atoms with van der Waals surface area (Å²) in [5.41, 5.74) is 5.01. The van der Waals surface area contributed by atoms with E-state index in [-0.39, 0.29) is 12.0 Å². The minimum atomic E-state index is -0.353. The summed E-state index contributed by atoms with van der Waals surface area (Å²) in [7, 11) is 0. The summed E-state index contributed by atoms with van der Waals surface area (Å²) in [6, 6.07) is 0. The molecule has 0 radical (unpaired) electrons. The molecular weight excluding hydrogens is 206 g/mol. The van der Waals surface area contributed by atoms with Gasteiger partial charge in [0.2, 0.25) is 5.91 Å². The van der Waals surface area contributed by atoms with Gasteiger partial charge in [0.15, 0.2) is 0 Å². The molecule has 1 atom stereocenters. The highest BCUT2D eigenvalue weighted by Crippen LogP contribution is 1.91. The number of hydrogen-bond acceptors (Lipinski definition) is 4. The van der Waals surface area contributed by atoms with Gasteiger partial charge in [-0.05, 0) is 26.1 Å². The largest absolute Gasteiger partial charge is 0.390 e. The lowest BCUT2D eigenvalue weighted by Crippen LogP contribution is -2.38. The van der Waals surface area contributed by atoms with E-state index in [0.717, 1.165) is 26.1 Å². The van der Waals surface area contributed by atoms with Crippen LogP contribution in [0.15, 0.2) is 0 Å². The smallest absolute Gasteiger partial charge is 0.217 e. The van der Waals surface area contributed by atoms with E-state index in [1.165, 1.54) is 0 Å². The molecule has 0 aromatic carbocycles. The first kappa shape index (κ1) is 15.3. The standard InChI is InChI=1S/C11H25N3O2/c1-3-14(4-2)9-10(15)8-13-7-5-6-11(12)16/h10,13,15H,3-9H2,1-2H3,(H2,12,16). The van der Waals surface area contributed by atoms with Crippen LogP contribution in [-0.4, -0.2) is 54.7 Å². The Morgan fingerprint density at radius 3 is 2.56 bits per heavy atom. The van der Waals surface area contributed by atoms with Gasteiger partial charge < -0.3 is 21.1 Å². The summed E-state index contributed by atoms with van der Waals surface area (Å²) >= 11 is 0. The number of likely N-dealkylation sites (N-methyl/N-ethyl adjacent to an activating group) is 1. The summed E-state index contributed by atoms with van der Waals surface area (Å²) in [6.07, 6.45) is 0.778. The Hall–Kier alpha value is -0.650. The average Bonchev–Trinajstić information content (AvgIpc) is 2.25. The van der Waals surface area contributed by atoms with Crippen LogP contribution in [0.25, 0.3) is 0 Å². The number of primary amides is 1. The lowest BCUT2D eigenvalue weighted by Gasteiger charge is -2.21. The van der Waals surface area contributed by atoms with E-state index in [1.54, 1.807) is 0 Å². The van der Waals surface area contributed by atoms with E-state index in [0.29, 0.717) is 19.5 Å². The van der Waals surface area contributed by atoms with Crippen LogP contribution in [0.1, 0.15) is 26.7 Å². The second kappa shape index (κ2) is 9.57. The summed E-state index contributed by atoms with van der Waals surface area (Å²) in [6.45, 7) is 8.04. The molecule has 0 aliphatic carbocycles. The van der Waals surface area contributed by atoms with Gasteiger partial charge in [0.25, 0.3) is 0 Å². The van der Waals surface area contributed by atoms with Gasteiger partial charge in [-0.3, -0.25) is 4.79 Å². The van der Waals surface area contributed by atoms with E-state index in [2.05, 4.69) is 24.1 Å². The lowest BCUT2D eigenvalue weighted by atomic mass is 10.2. The minimum Gasteiger partial charge on any atom is -0.390 e. The molecule has 0 spiro atoms. The fraction of sp³-hybridized carbons (Fsp3) is 0.909. The number of amides is 1. The van der Waals surface area contributed by atoms with Gasteiger partial charge in [0.1, 0.15) is 0 Å². The number of nitrogens with two attached hydrogens (primary N) is 1. The van der Waals surface area contributed by atoms with Gasteiger partial charge in [-0.2, -0.15) is 0 Å². The van der Waals surface area contributed by atoms with Crippen LogP contribution in [0.4, 0.5) is 0 Å². The van der Waals surface area contributed by atoms with E-state index >= 15 is 0 Å². The van der Waals surface area contributed by atoms with Crippen LogP contribution < -0.4 is 11.1 Å². The number of hydrogen-bond donors (Lipinski definition) is 3. The molecule has 16 heavy (non-hydrogen) atoms. The SMILES string of the molecule is CCN(CC)CC(O)CNCCCC(N)=O. The predicted octanol–water partition coefficient (Wildman–Crippen LogP) is -0.456. The summed E-state index contributed by atoms with van der Waals surface area (Å²) in [5.74, 6) is -0.273. The molecule has 1 amide bonds. The number of carbonyl (C=O) groups excluding carboxylic acids is 1. The van der Waals surface area contributed by atoms with Crippen molar-refractivity contribution in [2.24, 2.45) is 5.73 Å². The van der Waals surface area contributed by atoms with Crippen LogP contribution >= 0.6 is 0 Å². The molecule has 0 aromatic heterocycles. The van der Waals surface area contributed by atoms with E-state index in [4.69, 9.17) is 5.73 Å². The molecule has 4 N–H and O–H groups in total. The first-order valence-corrected chi connectivity index (χ1v) is 5.99. The molecule has 0 aliphatic heterocycles. The van der Waals surface area contributed by atoms with Gasteiger partial charge >= 0.3 is 0 Å². The normalized spacial score (nSPS) is 13.0. The van der Waals surface area contributed by atoms with Crippen molar-refractivity contribution in [3.05, 3.63) is 0 Å². The molecule has 0 bridgehead atoms. The Labute approximate surface area is 98.0 Å². The highest BCUT2D eigenvalue weighted by atomic mass is 16.3. The fourth-order valence-electron chi connectivity index (χ4n) is 1.50. The van der Waals surface area contributed by atoms with Crippen molar-refractivity contribution in [3.8, 4) is 0 Å². The fourth-order valence-corrected chi connectivity index (χ4v) is 1.50. The van der Waals surface area contributed by atoms with Gasteiger partial charge in [0, 0.05) is 19.5 Å². The van der Waals surface area contributed by atoms with Crippen molar-refractivity contribution in [1.29, 1.82) is 0 Å². The maximum absolute atomic E-state index is 10.5. The third-order valence-corrected chi connectivity index (χ3v) is 2.52. The highest BCUT2D eigenvalue weighted by molar-refractivity contribution is 5.73. The predicted molar refractivity (Wildman–Crippen MR) is 65.1 cm³/mol. The van der Waals surface area contributed by atoms with Crippen LogP contribution in [0.5, 0.6) is 0 Å². The van der Waals surface area contributed by atoms with Crippen molar-refractivity contribution < 1.29 is 9.90 Å². The zero-order valence-corrected chi connectivity index (χ0v) is 10.4. The van der Waals surface area contributed by atoms with Gasteiger partial charge in [-0.15, -0.1) is 0 Å². The quantitative estimate of drug-likeness (QED) is 0.445. The molecule has 0 aromatic rings. The van der Waals surface area contributed by atoms with E-state index in [1.807, 2.05) is 0 Å². The van der Waals surface area contributed by atoms with Crippen LogP contribution in [-0.2, 0) is 4.79 Å². The molecule has 0 rings (SSSR count). The van der Waals surface area contributed by atoms with Crippen molar-refractivity contribution in [2.75, 3.05) is 32.7 Å². The lowest BCUT2D eigenvalue weighted by molar-refractivity contribution is -0.118. The average molecular weight is 231 g/mol. The van der Waals surface area contributed by atoms with Crippen molar-refractivity contribution in [2.45, 2.75) is 32.8 Å². The van der Waals surface area contributed by atoms with Crippen molar-refractivity contribution in [1.82, 2.24) is 10.2 Å². The second-order valence-electron chi connectivity index (χ2n) is 3.91. The topological polar surface area (TPSA) is 78.6 Å². The molecule has 0 heterocycles. The summed E-state index contributed by atoms with van der Waals surface area (Å²) in [4.78, 5) is 12.6. The second-order valence-corrected chi connectivity index (χ2v) is 3.91. The zero-order chi connectivity index (χ0) is 12.4. The molecular formula is C11H25N3O2. The Kier molecular flexibility index (Phi) is 9.18. The summed E-state index contributed by atoms with van der Waals surface area (Å²) in [5, 5.41) is 12.8. The Bertz CT molecular complexity index is 184. The number of carbonyl (C=O) groups is 1. The minimum absolute atomic E-state index is 0.273. The Balaban J connectivity index is 3.42. The van der Waals surface area contributed by atoms with Crippen LogP contribution in [0.3, 0.4) is 0 Å². The third-order valence-electron chi connectivity index (χ3n) is 2.52. The monoisotopic (exact) mass is 231 g/mol. The van der Waals surface area contributed by atoms with E-state index < -0.39 is 0 Å². The van der Waals surface area contributed by atoms with Gasteiger partial charge in [-0.25, -0.2) is 0 Å². The van der Waals surface area contributed by atoms with Crippen molar-refractivity contribution in [3.63, 3.8) is 0 Å². The Morgan fingerprint density at radius 2 is 2.06 bits per heavy atom. The van der Waals surface area contributed by atoms with Crippen molar-refractivity contribution >= 4 is 5.91 Å². The number of aliphatic hydroxyl groups excluding tert-OH is 1. The maximum Gasteiger partial charge on any atom is 0.217 e. The third kappa shape index (κ3) is 8.64. The molecule has 0 saturated carbocycles. The molecule has 5 heteroatoms. The van der Waals surface area contributed by atoms with Crippen LogP contribution in [0, 0.1) is 0 Å². The van der Waals surface area contributed by atoms with Gasteiger partial charge in [0.05, 0.1) is 6.10 Å². The number of rotatable bonds is 10. The Morgan fingerprint density at radius 1 is 1.44 bits per heavy atom. The molecule has 0 saturated heterocycles. The molecule has 1 unspecified atom stereocenters. The molecule has 5 nitrogen and oxygen atoms in total. The number of nitrogens with zero attached hydrogens (tertiary/aromatic N) is 1. The zero-order valence-electron chi connectivity index (χ0n) is 10.4. The highest BCUT2D eigenvalue weighted by Gasteiger charge is 2.07. The summed E-state index contributed by atoms with van der Waals surface area (Å²) < 4.78 is 0. The first-order valence-electron chi connectivity index (χ1n) is 5.99. The molecule has 0 fully saturated rings. The first-order chi connectivity index (χ1) is 7.60. The number of aliphatic hydroxyl groups is 1. The number of nitrogens with one attached hydrogen (secondary N) is 1. The molecule has 0 aliphatic rings. The van der Waals surface area contributed by atoms with E-state index in [9.17, 15) is 9.90 Å². The maximum atomic E-state index is 10.5.